The van der Waals surface area contributed by atoms with Crippen LogP contribution in [0.2, 0.25) is 0 Å². The van der Waals surface area contributed by atoms with Crippen molar-refractivity contribution in [3.63, 3.8) is 0 Å². The first-order valence-corrected chi connectivity index (χ1v) is 5.56. The van der Waals surface area contributed by atoms with E-state index in [1.165, 1.54) is 0 Å². The minimum atomic E-state index is 0.553. The van der Waals surface area contributed by atoms with Crippen LogP contribution in [0, 0.1) is 0 Å². The van der Waals surface area contributed by atoms with Crippen LogP contribution in [-0.2, 0) is 0 Å². The van der Waals surface area contributed by atoms with Crippen LogP contribution < -0.4 is 5.32 Å². The zero-order chi connectivity index (χ0) is 12.2. The third-order valence-corrected chi connectivity index (χ3v) is 2.48. The third-order valence-electron chi connectivity index (χ3n) is 2.48. The molecule has 5 heteroatoms. The molecule has 1 aromatic carbocycles. The van der Waals surface area contributed by atoms with E-state index >= 15 is 0 Å². The third kappa shape index (κ3) is 2.20. The van der Waals surface area contributed by atoms with Crippen LogP contribution in [0.25, 0.3) is 11.3 Å². The number of rotatable bonds is 3. The molecule has 2 heterocycles. The van der Waals surface area contributed by atoms with Gasteiger partial charge in [0, 0.05) is 18.0 Å². The lowest BCUT2D eigenvalue weighted by molar-refractivity contribution is 1.09. The Balaban J connectivity index is 1.90. The van der Waals surface area contributed by atoms with E-state index in [4.69, 9.17) is 0 Å². The molecule has 5 nitrogen and oxygen atoms in total. The van der Waals surface area contributed by atoms with Gasteiger partial charge in [0.05, 0.1) is 17.6 Å². The van der Waals surface area contributed by atoms with Gasteiger partial charge >= 0.3 is 0 Å². The number of nitrogens with one attached hydrogen (secondary N) is 2. The topological polar surface area (TPSA) is 66.5 Å². The van der Waals surface area contributed by atoms with Gasteiger partial charge in [0.2, 0.25) is 5.95 Å². The quantitative estimate of drug-likeness (QED) is 0.734. The van der Waals surface area contributed by atoms with Crippen LogP contribution >= 0.6 is 0 Å². The Hall–Kier alpha value is -2.69. The number of benzene rings is 1. The molecule has 2 aromatic heterocycles. The molecule has 0 aliphatic heterocycles. The largest absolute Gasteiger partial charge is 0.321 e. The number of hydrogen-bond acceptors (Lipinski definition) is 4. The van der Waals surface area contributed by atoms with E-state index in [-0.39, 0.29) is 0 Å². The average Bonchev–Trinajstić information content (AvgIpc) is 2.93. The molecule has 0 radical (unpaired) electrons. The molecule has 0 unspecified atom stereocenters. The zero-order valence-corrected chi connectivity index (χ0v) is 9.54. The Morgan fingerprint density at radius 3 is 2.72 bits per heavy atom. The Labute approximate surface area is 104 Å². The van der Waals surface area contributed by atoms with E-state index in [0.717, 1.165) is 16.9 Å². The summed E-state index contributed by atoms with van der Waals surface area (Å²) in [4.78, 5) is 8.63. The van der Waals surface area contributed by atoms with Gasteiger partial charge < -0.3 is 5.32 Å². The number of hydrogen-bond donors (Lipinski definition) is 2. The molecule has 0 fully saturated rings. The lowest BCUT2D eigenvalue weighted by atomic mass is 10.1. The van der Waals surface area contributed by atoms with Crippen molar-refractivity contribution in [2.45, 2.75) is 0 Å². The van der Waals surface area contributed by atoms with Crippen LogP contribution in [0.4, 0.5) is 11.6 Å². The summed E-state index contributed by atoms with van der Waals surface area (Å²) >= 11 is 0. The van der Waals surface area contributed by atoms with Crippen molar-refractivity contribution in [3.05, 3.63) is 55.0 Å². The summed E-state index contributed by atoms with van der Waals surface area (Å²) in [7, 11) is 0. The highest BCUT2D eigenvalue weighted by Crippen LogP contribution is 2.18. The predicted molar refractivity (Wildman–Crippen MR) is 69.3 cm³/mol. The second-order valence-corrected chi connectivity index (χ2v) is 3.74. The Morgan fingerprint density at radius 1 is 1.06 bits per heavy atom. The van der Waals surface area contributed by atoms with E-state index in [0.29, 0.717) is 5.95 Å². The van der Waals surface area contributed by atoms with Crippen molar-refractivity contribution in [3.8, 4) is 11.3 Å². The maximum Gasteiger partial charge on any atom is 0.227 e. The van der Waals surface area contributed by atoms with E-state index in [2.05, 4.69) is 25.5 Å². The van der Waals surface area contributed by atoms with Gasteiger partial charge in [-0.3, -0.25) is 5.10 Å². The van der Waals surface area contributed by atoms with Gasteiger partial charge in [-0.1, -0.05) is 30.3 Å². The summed E-state index contributed by atoms with van der Waals surface area (Å²) in [6.45, 7) is 0. The van der Waals surface area contributed by atoms with Gasteiger partial charge in [-0.05, 0) is 6.07 Å². The van der Waals surface area contributed by atoms with Gasteiger partial charge in [0.25, 0.3) is 0 Å². The molecule has 0 aliphatic rings. The predicted octanol–water partition coefficient (Wildman–Crippen LogP) is 2.61. The Kier molecular flexibility index (Phi) is 2.71. The van der Waals surface area contributed by atoms with Crippen molar-refractivity contribution in [1.82, 2.24) is 20.2 Å². The van der Waals surface area contributed by atoms with Crippen LogP contribution in [0.15, 0.2) is 55.0 Å². The molecule has 0 amide bonds. The van der Waals surface area contributed by atoms with E-state index < -0.39 is 0 Å². The highest BCUT2D eigenvalue weighted by atomic mass is 15.2. The highest BCUT2D eigenvalue weighted by molar-refractivity contribution is 5.61. The fraction of sp³-hybridized carbons (Fsp3) is 0. The van der Waals surface area contributed by atoms with Crippen LogP contribution in [0.1, 0.15) is 0 Å². The Bertz CT molecular complexity index is 619. The fourth-order valence-electron chi connectivity index (χ4n) is 1.64. The van der Waals surface area contributed by atoms with Crippen molar-refractivity contribution < 1.29 is 0 Å². The summed E-state index contributed by atoms with van der Waals surface area (Å²) in [5.74, 6) is 0.553. The van der Waals surface area contributed by atoms with Crippen molar-refractivity contribution in [2.24, 2.45) is 0 Å². The van der Waals surface area contributed by atoms with Crippen molar-refractivity contribution in [1.29, 1.82) is 0 Å². The molecular formula is C13H11N5. The zero-order valence-electron chi connectivity index (χ0n) is 9.54. The lowest BCUT2D eigenvalue weighted by Crippen LogP contribution is -1.96. The first kappa shape index (κ1) is 10.5. The Morgan fingerprint density at radius 2 is 1.94 bits per heavy atom. The standard InChI is InChI=1S/C13H11N5/c1-2-4-10(5-3-1)12-6-7-14-13(18-12)17-11-8-15-16-9-11/h1-9H,(H,15,16)(H,14,17,18). The second-order valence-electron chi connectivity index (χ2n) is 3.74. The number of aromatic nitrogens is 4. The summed E-state index contributed by atoms with van der Waals surface area (Å²) in [6.07, 6.45) is 5.16. The number of nitrogens with zero attached hydrogens (tertiary/aromatic N) is 3. The summed E-state index contributed by atoms with van der Waals surface area (Å²) < 4.78 is 0. The van der Waals surface area contributed by atoms with Crippen LogP contribution in [0.5, 0.6) is 0 Å². The normalized spacial score (nSPS) is 10.2. The highest BCUT2D eigenvalue weighted by Gasteiger charge is 2.02. The SMILES string of the molecule is c1ccc(-c2ccnc(Nc3cn[nH]c3)n2)cc1. The average molecular weight is 237 g/mol. The van der Waals surface area contributed by atoms with E-state index in [1.807, 2.05) is 36.4 Å². The summed E-state index contributed by atoms with van der Waals surface area (Å²) in [6, 6.07) is 11.9. The monoisotopic (exact) mass is 237 g/mol. The molecule has 0 spiro atoms. The van der Waals surface area contributed by atoms with E-state index in [1.54, 1.807) is 18.6 Å². The minimum Gasteiger partial charge on any atom is -0.321 e. The molecule has 0 aliphatic carbocycles. The summed E-state index contributed by atoms with van der Waals surface area (Å²) in [5.41, 5.74) is 2.78. The van der Waals surface area contributed by atoms with Gasteiger partial charge in [0.1, 0.15) is 0 Å². The van der Waals surface area contributed by atoms with Gasteiger partial charge in [-0.2, -0.15) is 5.10 Å². The first-order chi connectivity index (χ1) is 8.92. The number of aromatic amines is 1. The molecule has 0 atom stereocenters. The van der Waals surface area contributed by atoms with Gasteiger partial charge in [-0.15, -0.1) is 0 Å². The second kappa shape index (κ2) is 4.67. The summed E-state index contributed by atoms with van der Waals surface area (Å²) in [5, 5.41) is 9.66. The van der Waals surface area contributed by atoms with E-state index in [9.17, 15) is 0 Å². The van der Waals surface area contributed by atoms with Gasteiger partial charge in [0.15, 0.2) is 0 Å². The minimum absolute atomic E-state index is 0.553. The molecule has 88 valence electrons. The molecular weight excluding hydrogens is 226 g/mol. The van der Waals surface area contributed by atoms with Crippen LogP contribution in [-0.4, -0.2) is 20.2 Å². The maximum absolute atomic E-state index is 4.45. The van der Waals surface area contributed by atoms with Gasteiger partial charge in [-0.25, -0.2) is 9.97 Å². The smallest absolute Gasteiger partial charge is 0.227 e. The molecule has 3 aromatic rings. The molecule has 0 saturated heterocycles. The number of anilines is 2. The molecule has 0 bridgehead atoms. The number of H-pyrrole nitrogens is 1. The fourth-order valence-corrected chi connectivity index (χ4v) is 1.64. The molecule has 0 saturated carbocycles. The molecule has 2 N–H and O–H groups in total. The molecule has 3 rings (SSSR count). The van der Waals surface area contributed by atoms with Crippen molar-refractivity contribution >= 4 is 11.6 Å². The molecule has 18 heavy (non-hydrogen) atoms. The lowest BCUT2D eigenvalue weighted by Gasteiger charge is -2.04. The maximum atomic E-state index is 4.45. The van der Waals surface area contributed by atoms with Crippen LogP contribution in [0.3, 0.4) is 0 Å². The first-order valence-electron chi connectivity index (χ1n) is 5.56. The van der Waals surface area contributed by atoms with Crippen molar-refractivity contribution in [2.75, 3.05) is 5.32 Å².